The van der Waals surface area contributed by atoms with Crippen LogP contribution in [0.25, 0.3) is 0 Å². The van der Waals surface area contributed by atoms with Crippen LogP contribution in [0.4, 0.5) is 16.3 Å². The predicted molar refractivity (Wildman–Crippen MR) is 111 cm³/mol. The second-order valence-corrected chi connectivity index (χ2v) is 8.70. The lowest BCUT2D eigenvalue weighted by Gasteiger charge is -2.41. The number of amides is 2. The number of piperidine rings is 1. The summed E-state index contributed by atoms with van der Waals surface area (Å²) in [5.41, 5.74) is -0.0589. The predicted octanol–water partition coefficient (Wildman–Crippen LogP) is 2.30. The zero-order chi connectivity index (χ0) is 21.3. The Morgan fingerprint density at radius 2 is 2.03 bits per heavy atom. The molecule has 3 N–H and O–H groups in total. The van der Waals surface area contributed by atoms with Gasteiger partial charge in [0.15, 0.2) is 11.6 Å². The Hall–Kier alpha value is -2.55. The van der Waals surface area contributed by atoms with E-state index in [1.54, 1.807) is 6.07 Å². The largest absolute Gasteiger partial charge is 0.493 e. The minimum atomic E-state index is -1.16. The maximum atomic E-state index is 13.5. The van der Waals surface area contributed by atoms with E-state index in [2.05, 4.69) is 20.1 Å². The topological polar surface area (TPSA) is 115 Å². The number of carbonyl (C=O) groups is 2. The molecule has 1 atom stereocenters. The third-order valence-electron chi connectivity index (χ3n) is 6.83. The van der Waals surface area contributed by atoms with Gasteiger partial charge in [-0.05, 0) is 44.9 Å². The lowest BCUT2D eigenvalue weighted by molar-refractivity contribution is -0.139. The van der Waals surface area contributed by atoms with E-state index in [1.807, 2.05) is 0 Å². The maximum absolute atomic E-state index is 13.5. The molecule has 2 saturated heterocycles. The van der Waals surface area contributed by atoms with Crippen molar-refractivity contribution in [1.82, 2.24) is 9.88 Å². The van der Waals surface area contributed by atoms with E-state index in [4.69, 9.17) is 9.84 Å². The van der Waals surface area contributed by atoms with Crippen LogP contribution in [0.2, 0.25) is 0 Å². The lowest BCUT2D eigenvalue weighted by atomic mass is 9.78. The number of aliphatic hydroxyl groups is 1. The highest BCUT2D eigenvalue weighted by atomic mass is 16.5. The third-order valence-corrected chi connectivity index (χ3v) is 6.83. The molecule has 164 valence electrons. The number of hydrogen-bond donors (Lipinski definition) is 3. The maximum Gasteiger partial charge on any atom is 0.409 e. The summed E-state index contributed by atoms with van der Waals surface area (Å²) in [6, 6.07) is 1.86. The Morgan fingerprint density at radius 3 is 2.73 bits per heavy atom. The Bertz CT molecular complexity index is 811. The summed E-state index contributed by atoms with van der Waals surface area (Å²) in [6.45, 7) is 2.14. The van der Waals surface area contributed by atoms with E-state index in [9.17, 15) is 14.7 Å². The third kappa shape index (κ3) is 3.90. The summed E-state index contributed by atoms with van der Waals surface area (Å²) in [4.78, 5) is 33.0. The number of carbonyl (C=O) groups excluding carboxylic acids is 1. The van der Waals surface area contributed by atoms with Gasteiger partial charge in [-0.2, -0.15) is 0 Å². The molecule has 3 heterocycles. The molecule has 1 spiro atoms. The number of nitrogens with one attached hydrogen (secondary N) is 1. The zero-order valence-corrected chi connectivity index (χ0v) is 17.3. The van der Waals surface area contributed by atoms with Crippen LogP contribution in [-0.4, -0.2) is 71.0 Å². The van der Waals surface area contributed by atoms with Crippen molar-refractivity contribution in [3.05, 3.63) is 12.3 Å². The molecule has 1 saturated carbocycles. The number of methoxy groups -OCH3 is 1. The molecule has 1 aliphatic carbocycles. The first-order valence-electron chi connectivity index (χ1n) is 10.7. The van der Waals surface area contributed by atoms with Crippen LogP contribution in [0, 0.1) is 5.41 Å². The van der Waals surface area contributed by atoms with E-state index >= 15 is 0 Å². The van der Waals surface area contributed by atoms with E-state index in [0.29, 0.717) is 23.8 Å². The highest BCUT2D eigenvalue weighted by Crippen LogP contribution is 2.44. The van der Waals surface area contributed by atoms with Crippen molar-refractivity contribution in [2.45, 2.75) is 57.1 Å². The number of rotatable bonds is 4. The molecule has 3 fully saturated rings. The van der Waals surface area contributed by atoms with Gasteiger partial charge in [0.25, 0.3) is 0 Å². The fraction of sp³-hybridized carbons (Fsp3) is 0.667. The van der Waals surface area contributed by atoms with Crippen molar-refractivity contribution in [3.8, 4) is 5.75 Å². The Morgan fingerprint density at radius 1 is 1.27 bits per heavy atom. The van der Waals surface area contributed by atoms with Gasteiger partial charge in [0.2, 0.25) is 5.91 Å². The van der Waals surface area contributed by atoms with Gasteiger partial charge < -0.3 is 24.7 Å². The Balaban J connectivity index is 1.51. The van der Waals surface area contributed by atoms with E-state index in [0.717, 1.165) is 58.0 Å². The first-order valence-corrected chi connectivity index (χ1v) is 10.7. The van der Waals surface area contributed by atoms with Crippen molar-refractivity contribution < 1.29 is 24.5 Å². The van der Waals surface area contributed by atoms with Gasteiger partial charge in [-0.3, -0.25) is 10.1 Å². The van der Waals surface area contributed by atoms with Crippen LogP contribution in [0.3, 0.4) is 0 Å². The normalized spacial score (nSPS) is 29.3. The smallest absolute Gasteiger partial charge is 0.409 e. The first kappa shape index (κ1) is 20.7. The number of carboxylic acid groups (broad SMARTS) is 1. The standard InChI is InChI=1S/C21H30N4O5/c1-30-17-11-14(23-20(28)29)12-22-18(17)24-9-2-7-21(13-24)8-10-25(19(21)27)15-3-5-16(26)6-4-15/h11-12,15-16,23,26H,2-10,13H2,1H3,(H,28,29)/t15-,16-,21-/m0/s1. The average Bonchev–Trinajstić information content (AvgIpc) is 3.03. The van der Waals surface area contributed by atoms with Gasteiger partial charge in [-0.15, -0.1) is 0 Å². The minimum absolute atomic E-state index is 0.227. The molecule has 0 radical (unpaired) electrons. The molecule has 3 aliphatic rings. The summed E-state index contributed by atoms with van der Waals surface area (Å²) in [6.07, 6.45) is 5.98. The summed E-state index contributed by atoms with van der Waals surface area (Å²) >= 11 is 0. The van der Waals surface area contributed by atoms with Crippen molar-refractivity contribution in [1.29, 1.82) is 0 Å². The summed E-state index contributed by atoms with van der Waals surface area (Å²) in [5, 5.41) is 21.0. The van der Waals surface area contributed by atoms with Gasteiger partial charge in [-0.25, -0.2) is 9.78 Å². The molecule has 0 bridgehead atoms. The van der Waals surface area contributed by atoms with E-state index in [-0.39, 0.29) is 18.1 Å². The average molecular weight is 418 g/mol. The fourth-order valence-corrected chi connectivity index (χ4v) is 5.27. The molecule has 2 aliphatic heterocycles. The van der Waals surface area contributed by atoms with Crippen LogP contribution >= 0.6 is 0 Å². The summed E-state index contributed by atoms with van der Waals surface area (Å²) < 4.78 is 5.47. The monoisotopic (exact) mass is 418 g/mol. The number of ether oxygens (including phenoxy) is 1. The molecular formula is C21H30N4O5. The number of likely N-dealkylation sites (tertiary alicyclic amines) is 1. The molecule has 9 heteroatoms. The molecule has 9 nitrogen and oxygen atoms in total. The number of nitrogens with zero attached hydrogens (tertiary/aromatic N) is 3. The van der Waals surface area contributed by atoms with E-state index in [1.165, 1.54) is 13.3 Å². The van der Waals surface area contributed by atoms with Crippen LogP contribution in [0.1, 0.15) is 44.9 Å². The van der Waals surface area contributed by atoms with Crippen LogP contribution in [0.5, 0.6) is 5.75 Å². The van der Waals surface area contributed by atoms with Gasteiger partial charge in [0.05, 0.1) is 30.5 Å². The number of hydrogen-bond acceptors (Lipinski definition) is 6. The lowest BCUT2D eigenvalue weighted by Crippen LogP contribution is -2.50. The number of pyridine rings is 1. The van der Waals surface area contributed by atoms with E-state index < -0.39 is 11.5 Å². The quantitative estimate of drug-likeness (QED) is 0.687. The number of aliphatic hydroxyl groups excluding tert-OH is 1. The second kappa shape index (κ2) is 8.29. The summed E-state index contributed by atoms with van der Waals surface area (Å²) in [5.74, 6) is 1.36. The van der Waals surface area contributed by atoms with Crippen molar-refractivity contribution in [2.75, 3.05) is 37.0 Å². The molecule has 4 rings (SSSR count). The van der Waals surface area contributed by atoms with Gasteiger partial charge in [-0.1, -0.05) is 0 Å². The van der Waals surface area contributed by atoms with Crippen LogP contribution in [0.15, 0.2) is 12.3 Å². The van der Waals surface area contributed by atoms with Crippen molar-refractivity contribution in [3.63, 3.8) is 0 Å². The van der Waals surface area contributed by atoms with Gasteiger partial charge in [0.1, 0.15) is 0 Å². The van der Waals surface area contributed by atoms with Gasteiger partial charge in [0, 0.05) is 31.7 Å². The molecule has 30 heavy (non-hydrogen) atoms. The first-order chi connectivity index (χ1) is 14.4. The highest BCUT2D eigenvalue weighted by Gasteiger charge is 2.51. The fourth-order valence-electron chi connectivity index (χ4n) is 5.27. The highest BCUT2D eigenvalue weighted by molar-refractivity contribution is 5.86. The second-order valence-electron chi connectivity index (χ2n) is 8.70. The number of aromatic nitrogens is 1. The van der Waals surface area contributed by atoms with Crippen molar-refractivity contribution >= 4 is 23.5 Å². The van der Waals surface area contributed by atoms with Crippen molar-refractivity contribution in [2.24, 2.45) is 5.41 Å². The number of anilines is 2. The molecule has 0 aromatic carbocycles. The Labute approximate surface area is 176 Å². The SMILES string of the molecule is COc1cc(NC(=O)O)cnc1N1CCC[C@]2(CCN([C@H]3CC[C@H](O)CC3)C2=O)C1. The van der Waals surface area contributed by atoms with Crippen LogP contribution < -0.4 is 15.0 Å². The zero-order valence-electron chi connectivity index (χ0n) is 17.3. The Kier molecular flexibility index (Phi) is 5.73. The van der Waals surface area contributed by atoms with Gasteiger partial charge >= 0.3 is 6.09 Å². The summed E-state index contributed by atoms with van der Waals surface area (Å²) in [7, 11) is 1.53. The molecule has 1 aromatic rings. The van der Waals surface area contributed by atoms with Crippen LogP contribution in [-0.2, 0) is 4.79 Å². The molecule has 1 aromatic heterocycles. The minimum Gasteiger partial charge on any atom is -0.493 e. The molecule has 2 amide bonds. The molecule has 0 unspecified atom stereocenters. The molecular weight excluding hydrogens is 388 g/mol.